The highest BCUT2D eigenvalue weighted by Gasteiger charge is 2.02. The number of carbonyl (C=O) groups excluding carboxylic acids is 1. The Balaban J connectivity index is 2.37. The molecule has 0 heterocycles. The van der Waals surface area contributed by atoms with Crippen LogP contribution in [-0.2, 0) is 6.42 Å². The van der Waals surface area contributed by atoms with Gasteiger partial charge in [-0.25, -0.2) is 4.79 Å². The molecule has 0 radical (unpaired) electrons. The van der Waals surface area contributed by atoms with Gasteiger partial charge in [0.25, 0.3) is 0 Å². The first-order chi connectivity index (χ1) is 9.17. The van der Waals surface area contributed by atoms with E-state index in [9.17, 15) is 4.79 Å². The van der Waals surface area contributed by atoms with Crippen LogP contribution < -0.4 is 15.4 Å². The Morgan fingerprint density at radius 3 is 2.58 bits per heavy atom. The van der Waals surface area contributed by atoms with Gasteiger partial charge >= 0.3 is 6.03 Å². The molecule has 4 heteroatoms. The first-order valence-electron chi connectivity index (χ1n) is 6.91. The van der Waals surface area contributed by atoms with Gasteiger partial charge in [-0.05, 0) is 43.9 Å². The third-order valence-corrected chi connectivity index (χ3v) is 2.77. The lowest BCUT2D eigenvalue weighted by Crippen LogP contribution is -2.36. The smallest absolute Gasteiger partial charge is 0.314 e. The number of aryl methyl sites for hydroxylation is 1. The number of amides is 2. The van der Waals surface area contributed by atoms with Gasteiger partial charge in [0, 0.05) is 13.1 Å². The van der Waals surface area contributed by atoms with E-state index in [2.05, 4.69) is 16.7 Å². The minimum absolute atomic E-state index is 0.0930. The number of carbonyl (C=O) groups is 1. The van der Waals surface area contributed by atoms with Gasteiger partial charge < -0.3 is 15.4 Å². The van der Waals surface area contributed by atoms with E-state index in [0.717, 1.165) is 24.2 Å². The zero-order valence-corrected chi connectivity index (χ0v) is 12.1. The van der Waals surface area contributed by atoms with Crippen LogP contribution in [0.4, 0.5) is 4.79 Å². The summed E-state index contributed by atoms with van der Waals surface area (Å²) < 4.78 is 5.50. The SMILES string of the molecule is CCCNC(=O)NCCc1ccc(OCC)c(C)c1. The molecule has 0 unspecified atom stereocenters. The second kappa shape index (κ2) is 8.40. The van der Waals surface area contributed by atoms with Gasteiger partial charge in [0.2, 0.25) is 0 Å². The molecule has 0 spiro atoms. The van der Waals surface area contributed by atoms with Crippen molar-refractivity contribution >= 4 is 6.03 Å². The molecular weight excluding hydrogens is 240 g/mol. The monoisotopic (exact) mass is 264 g/mol. The van der Waals surface area contributed by atoms with Crippen LogP contribution in [0.5, 0.6) is 5.75 Å². The van der Waals surface area contributed by atoms with Crippen LogP contribution in [-0.4, -0.2) is 25.7 Å². The molecule has 0 saturated heterocycles. The Hall–Kier alpha value is -1.71. The Morgan fingerprint density at radius 1 is 1.21 bits per heavy atom. The van der Waals surface area contributed by atoms with Crippen molar-refractivity contribution in [2.24, 2.45) is 0 Å². The maximum Gasteiger partial charge on any atom is 0.314 e. The Bertz CT molecular complexity index is 405. The number of hydrogen-bond acceptors (Lipinski definition) is 2. The molecule has 0 aliphatic rings. The highest BCUT2D eigenvalue weighted by Crippen LogP contribution is 2.19. The summed E-state index contributed by atoms with van der Waals surface area (Å²) in [6.45, 7) is 8.08. The fraction of sp³-hybridized carbons (Fsp3) is 0.533. The van der Waals surface area contributed by atoms with Crippen molar-refractivity contribution in [1.29, 1.82) is 0 Å². The molecule has 106 valence electrons. The Morgan fingerprint density at radius 2 is 1.95 bits per heavy atom. The highest BCUT2D eigenvalue weighted by atomic mass is 16.5. The maximum atomic E-state index is 11.4. The lowest BCUT2D eigenvalue weighted by Gasteiger charge is -2.10. The van der Waals surface area contributed by atoms with Crippen LogP contribution in [0.2, 0.25) is 0 Å². The van der Waals surface area contributed by atoms with E-state index >= 15 is 0 Å². The van der Waals surface area contributed by atoms with Gasteiger partial charge in [0.1, 0.15) is 5.75 Å². The number of urea groups is 1. The predicted octanol–water partition coefficient (Wildman–Crippen LogP) is 2.65. The maximum absolute atomic E-state index is 11.4. The molecule has 1 aromatic rings. The quantitative estimate of drug-likeness (QED) is 0.795. The van der Waals surface area contributed by atoms with Gasteiger partial charge in [-0.1, -0.05) is 19.1 Å². The van der Waals surface area contributed by atoms with Crippen LogP contribution in [0.3, 0.4) is 0 Å². The second-order valence-electron chi connectivity index (χ2n) is 4.47. The van der Waals surface area contributed by atoms with E-state index in [0.29, 0.717) is 19.7 Å². The van der Waals surface area contributed by atoms with Crippen molar-refractivity contribution in [2.75, 3.05) is 19.7 Å². The van der Waals surface area contributed by atoms with Crippen LogP contribution in [0.25, 0.3) is 0 Å². The number of nitrogens with one attached hydrogen (secondary N) is 2. The summed E-state index contributed by atoms with van der Waals surface area (Å²) in [5, 5.41) is 5.63. The minimum Gasteiger partial charge on any atom is -0.494 e. The zero-order valence-electron chi connectivity index (χ0n) is 12.1. The molecule has 4 nitrogen and oxygen atoms in total. The summed E-state index contributed by atoms with van der Waals surface area (Å²) in [6.07, 6.45) is 1.78. The third kappa shape index (κ3) is 5.64. The molecule has 0 saturated carbocycles. The molecule has 0 aliphatic carbocycles. The largest absolute Gasteiger partial charge is 0.494 e. The first-order valence-corrected chi connectivity index (χ1v) is 6.91. The number of rotatable bonds is 7. The molecule has 0 bridgehead atoms. The first kappa shape index (κ1) is 15.3. The van der Waals surface area contributed by atoms with E-state index in [1.54, 1.807) is 0 Å². The van der Waals surface area contributed by atoms with Gasteiger partial charge in [0.05, 0.1) is 6.61 Å². The van der Waals surface area contributed by atoms with E-state index < -0.39 is 0 Å². The number of benzene rings is 1. The van der Waals surface area contributed by atoms with E-state index in [1.165, 1.54) is 5.56 Å². The van der Waals surface area contributed by atoms with Gasteiger partial charge in [-0.3, -0.25) is 0 Å². The normalized spacial score (nSPS) is 10.1. The molecule has 0 atom stereocenters. The van der Waals surface area contributed by atoms with Gasteiger partial charge in [-0.2, -0.15) is 0 Å². The fourth-order valence-corrected chi connectivity index (χ4v) is 1.81. The average molecular weight is 264 g/mol. The molecule has 2 N–H and O–H groups in total. The molecule has 0 aliphatic heterocycles. The van der Waals surface area contributed by atoms with Gasteiger partial charge in [0.15, 0.2) is 0 Å². The van der Waals surface area contributed by atoms with Crippen LogP contribution in [0.15, 0.2) is 18.2 Å². The van der Waals surface area contributed by atoms with Crippen molar-refractivity contribution in [3.05, 3.63) is 29.3 Å². The van der Waals surface area contributed by atoms with Crippen molar-refractivity contribution in [1.82, 2.24) is 10.6 Å². The zero-order chi connectivity index (χ0) is 14.1. The number of hydrogen-bond donors (Lipinski definition) is 2. The highest BCUT2D eigenvalue weighted by molar-refractivity contribution is 5.73. The lowest BCUT2D eigenvalue weighted by atomic mass is 10.1. The van der Waals surface area contributed by atoms with Crippen molar-refractivity contribution in [3.8, 4) is 5.75 Å². The Kier molecular flexibility index (Phi) is 6.79. The second-order valence-corrected chi connectivity index (χ2v) is 4.47. The van der Waals surface area contributed by atoms with E-state index in [-0.39, 0.29) is 6.03 Å². The van der Waals surface area contributed by atoms with E-state index in [4.69, 9.17) is 4.74 Å². The van der Waals surface area contributed by atoms with Crippen LogP contribution >= 0.6 is 0 Å². The molecule has 1 aromatic carbocycles. The predicted molar refractivity (Wildman–Crippen MR) is 77.7 cm³/mol. The van der Waals surface area contributed by atoms with Crippen molar-refractivity contribution in [2.45, 2.75) is 33.6 Å². The summed E-state index contributed by atoms with van der Waals surface area (Å²) >= 11 is 0. The summed E-state index contributed by atoms with van der Waals surface area (Å²) in [6, 6.07) is 6.05. The molecular formula is C15H24N2O2. The summed E-state index contributed by atoms with van der Waals surface area (Å²) in [5.41, 5.74) is 2.34. The minimum atomic E-state index is -0.0930. The molecule has 0 fully saturated rings. The summed E-state index contributed by atoms with van der Waals surface area (Å²) in [7, 11) is 0. The Labute approximate surface area is 115 Å². The third-order valence-electron chi connectivity index (χ3n) is 2.77. The molecule has 1 rings (SSSR count). The van der Waals surface area contributed by atoms with Crippen LogP contribution in [0, 0.1) is 6.92 Å². The lowest BCUT2D eigenvalue weighted by molar-refractivity contribution is 0.241. The topological polar surface area (TPSA) is 50.4 Å². The van der Waals surface area contributed by atoms with Gasteiger partial charge in [-0.15, -0.1) is 0 Å². The van der Waals surface area contributed by atoms with Crippen molar-refractivity contribution < 1.29 is 9.53 Å². The molecule has 2 amide bonds. The fourth-order valence-electron chi connectivity index (χ4n) is 1.81. The molecule has 19 heavy (non-hydrogen) atoms. The average Bonchev–Trinajstić information content (AvgIpc) is 2.39. The number of ether oxygens (including phenoxy) is 1. The van der Waals surface area contributed by atoms with Crippen molar-refractivity contribution in [3.63, 3.8) is 0 Å². The van der Waals surface area contributed by atoms with Crippen LogP contribution in [0.1, 0.15) is 31.4 Å². The standard InChI is InChI=1S/C15H24N2O2/c1-4-9-16-15(18)17-10-8-13-6-7-14(19-5-2)12(3)11-13/h6-7,11H,4-5,8-10H2,1-3H3,(H2,16,17,18). The summed E-state index contributed by atoms with van der Waals surface area (Å²) in [4.78, 5) is 11.4. The summed E-state index contributed by atoms with van der Waals surface area (Å²) in [5.74, 6) is 0.930. The molecule has 0 aromatic heterocycles. The van der Waals surface area contributed by atoms with E-state index in [1.807, 2.05) is 32.9 Å².